The van der Waals surface area contributed by atoms with Gasteiger partial charge in [-0.15, -0.1) is 0 Å². The Balaban J connectivity index is 1.58. The first-order valence-electron chi connectivity index (χ1n) is 9.06. The summed E-state index contributed by atoms with van der Waals surface area (Å²) < 4.78 is 0. The Labute approximate surface area is 168 Å². The minimum absolute atomic E-state index is 0.188. The van der Waals surface area contributed by atoms with E-state index in [2.05, 4.69) is 17.4 Å². The van der Waals surface area contributed by atoms with Crippen LogP contribution in [0.15, 0.2) is 72.8 Å². The largest absolute Gasteiger partial charge is 0.340 e. The van der Waals surface area contributed by atoms with E-state index in [4.69, 9.17) is 11.6 Å². The number of nitrogens with one attached hydrogen (secondary N) is 1. The van der Waals surface area contributed by atoms with Gasteiger partial charge in [-0.25, -0.2) is 0 Å². The van der Waals surface area contributed by atoms with Gasteiger partial charge in [-0.05, 0) is 28.8 Å². The van der Waals surface area contributed by atoms with Gasteiger partial charge in [0.2, 0.25) is 5.91 Å². The lowest BCUT2D eigenvalue weighted by Crippen LogP contribution is -2.45. The molecule has 0 saturated heterocycles. The third-order valence-corrected chi connectivity index (χ3v) is 5.31. The molecular formula is C23H19ClN2O2. The van der Waals surface area contributed by atoms with Gasteiger partial charge >= 0.3 is 0 Å². The topological polar surface area (TPSA) is 49.4 Å². The Bertz CT molecular complexity index is 1030. The van der Waals surface area contributed by atoms with E-state index in [1.807, 2.05) is 42.5 Å². The lowest BCUT2D eigenvalue weighted by atomic mass is 10.00. The Morgan fingerprint density at radius 3 is 2.29 bits per heavy atom. The predicted molar refractivity (Wildman–Crippen MR) is 112 cm³/mol. The second-order valence-electron chi connectivity index (χ2n) is 6.83. The summed E-state index contributed by atoms with van der Waals surface area (Å²) in [5.74, 6) is -0.478. The zero-order chi connectivity index (χ0) is 19.7. The number of fused-ring (bicyclic) bond motifs is 1. The molecular weight excluding hydrogens is 372 g/mol. The predicted octanol–water partition coefficient (Wildman–Crippen LogP) is 4.32. The zero-order valence-electron chi connectivity index (χ0n) is 15.4. The van der Waals surface area contributed by atoms with Gasteiger partial charge in [0.15, 0.2) is 0 Å². The molecule has 4 rings (SSSR count). The lowest BCUT2D eigenvalue weighted by molar-refractivity contribution is -0.120. The Hall–Kier alpha value is -3.11. The SMILES string of the molecule is CN1C(=O)C(Cc2ccc(-c3ccccc3)cc2)NC(=O)c2cccc(Cl)c21. The van der Waals surface area contributed by atoms with E-state index in [0.29, 0.717) is 22.7 Å². The quantitative estimate of drug-likeness (QED) is 0.723. The van der Waals surface area contributed by atoms with Crippen LogP contribution in [-0.2, 0) is 11.2 Å². The van der Waals surface area contributed by atoms with Gasteiger partial charge in [0.25, 0.3) is 5.91 Å². The lowest BCUT2D eigenvalue weighted by Gasteiger charge is -2.21. The van der Waals surface area contributed by atoms with Crippen molar-refractivity contribution in [3.63, 3.8) is 0 Å². The number of hydrogen-bond acceptors (Lipinski definition) is 2. The van der Waals surface area contributed by atoms with E-state index in [1.165, 1.54) is 4.90 Å². The first-order valence-corrected chi connectivity index (χ1v) is 9.43. The van der Waals surface area contributed by atoms with Crippen LogP contribution < -0.4 is 10.2 Å². The second kappa shape index (κ2) is 7.49. The summed E-state index contributed by atoms with van der Waals surface area (Å²) in [7, 11) is 1.65. The van der Waals surface area contributed by atoms with Gasteiger partial charge < -0.3 is 10.2 Å². The molecule has 1 heterocycles. The van der Waals surface area contributed by atoms with E-state index in [9.17, 15) is 9.59 Å². The van der Waals surface area contributed by atoms with Crippen molar-refractivity contribution in [1.82, 2.24) is 5.32 Å². The molecule has 0 spiro atoms. The fraction of sp³-hybridized carbons (Fsp3) is 0.130. The second-order valence-corrected chi connectivity index (χ2v) is 7.23. The Kier molecular flexibility index (Phi) is 4.88. The van der Waals surface area contributed by atoms with Crippen LogP contribution in [0.1, 0.15) is 15.9 Å². The molecule has 0 saturated carbocycles. The molecule has 0 aromatic heterocycles. The van der Waals surface area contributed by atoms with Gasteiger partial charge in [0, 0.05) is 13.5 Å². The summed E-state index contributed by atoms with van der Waals surface area (Å²) in [4.78, 5) is 27.1. The molecule has 0 bridgehead atoms. The van der Waals surface area contributed by atoms with Gasteiger partial charge in [-0.3, -0.25) is 9.59 Å². The van der Waals surface area contributed by atoms with E-state index in [0.717, 1.165) is 16.7 Å². The molecule has 0 aliphatic carbocycles. The van der Waals surface area contributed by atoms with Crippen molar-refractivity contribution in [3.8, 4) is 11.1 Å². The highest BCUT2D eigenvalue weighted by molar-refractivity contribution is 6.35. The fourth-order valence-electron chi connectivity index (χ4n) is 3.52. The summed E-state index contributed by atoms with van der Waals surface area (Å²) >= 11 is 6.25. The third-order valence-electron chi connectivity index (χ3n) is 5.00. The fourth-order valence-corrected chi connectivity index (χ4v) is 3.82. The van der Waals surface area contributed by atoms with Crippen LogP contribution in [0, 0.1) is 0 Å². The maximum Gasteiger partial charge on any atom is 0.254 e. The first-order chi connectivity index (χ1) is 13.5. The highest BCUT2D eigenvalue weighted by Crippen LogP contribution is 2.31. The molecule has 1 aliphatic rings. The zero-order valence-corrected chi connectivity index (χ0v) is 16.1. The molecule has 1 aliphatic heterocycles. The van der Waals surface area contributed by atoms with Crippen LogP contribution in [0.4, 0.5) is 5.69 Å². The highest BCUT2D eigenvalue weighted by Gasteiger charge is 2.33. The molecule has 3 aromatic carbocycles. The minimum Gasteiger partial charge on any atom is -0.340 e. The molecule has 2 amide bonds. The average Bonchev–Trinajstić information content (AvgIpc) is 2.81. The number of amides is 2. The van der Waals surface area contributed by atoms with Gasteiger partial charge in [0.05, 0.1) is 16.3 Å². The Morgan fingerprint density at radius 1 is 0.893 bits per heavy atom. The number of para-hydroxylation sites is 1. The molecule has 0 fully saturated rings. The van der Waals surface area contributed by atoms with Crippen molar-refractivity contribution in [3.05, 3.63) is 88.9 Å². The van der Waals surface area contributed by atoms with E-state index in [1.54, 1.807) is 25.2 Å². The van der Waals surface area contributed by atoms with E-state index < -0.39 is 6.04 Å². The van der Waals surface area contributed by atoms with Crippen LogP contribution >= 0.6 is 11.6 Å². The van der Waals surface area contributed by atoms with Crippen molar-refractivity contribution in [2.45, 2.75) is 12.5 Å². The number of carbonyl (C=O) groups excluding carboxylic acids is 2. The maximum atomic E-state index is 13.0. The number of nitrogens with zero attached hydrogens (tertiary/aromatic N) is 1. The standard InChI is InChI=1S/C23H19ClN2O2/c1-26-21-18(8-5-9-19(21)24)22(27)25-20(23(26)28)14-15-10-12-17(13-11-15)16-6-3-2-4-7-16/h2-13,20H,14H2,1H3,(H,25,27). The van der Waals surface area contributed by atoms with E-state index in [-0.39, 0.29) is 11.8 Å². The summed E-state index contributed by atoms with van der Waals surface area (Å²) in [5, 5.41) is 3.23. The summed E-state index contributed by atoms with van der Waals surface area (Å²) in [6.45, 7) is 0. The van der Waals surface area contributed by atoms with Gasteiger partial charge in [0.1, 0.15) is 6.04 Å². The van der Waals surface area contributed by atoms with Crippen LogP contribution in [0.5, 0.6) is 0 Å². The molecule has 3 aromatic rings. The molecule has 140 valence electrons. The molecule has 4 nitrogen and oxygen atoms in total. The smallest absolute Gasteiger partial charge is 0.254 e. The molecule has 5 heteroatoms. The molecule has 28 heavy (non-hydrogen) atoms. The van der Waals surface area contributed by atoms with Crippen LogP contribution in [-0.4, -0.2) is 24.9 Å². The number of benzene rings is 3. The normalized spacial score (nSPS) is 16.4. The summed E-state index contributed by atoms with van der Waals surface area (Å²) in [6, 6.07) is 22.6. The molecule has 1 N–H and O–H groups in total. The number of carbonyl (C=O) groups is 2. The monoisotopic (exact) mass is 390 g/mol. The highest BCUT2D eigenvalue weighted by atomic mass is 35.5. The Morgan fingerprint density at radius 2 is 1.57 bits per heavy atom. The maximum absolute atomic E-state index is 13.0. The average molecular weight is 391 g/mol. The van der Waals surface area contributed by atoms with Crippen molar-refractivity contribution >= 4 is 29.1 Å². The number of hydrogen-bond donors (Lipinski definition) is 1. The van der Waals surface area contributed by atoms with Crippen molar-refractivity contribution in [2.24, 2.45) is 0 Å². The summed E-state index contributed by atoms with van der Waals surface area (Å²) in [5.41, 5.74) is 4.08. The van der Waals surface area contributed by atoms with Crippen LogP contribution in [0.2, 0.25) is 5.02 Å². The molecule has 0 radical (unpaired) electrons. The van der Waals surface area contributed by atoms with Crippen LogP contribution in [0.25, 0.3) is 11.1 Å². The third kappa shape index (κ3) is 3.39. The van der Waals surface area contributed by atoms with Gasteiger partial charge in [-0.1, -0.05) is 72.3 Å². The van der Waals surface area contributed by atoms with Crippen LogP contribution in [0.3, 0.4) is 0 Å². The number of anilines is 1. The van der Waals surface area contributed by atoms with Crippen molar-refractivity contribution < 1.29 is 9.59 Å². The first kappa shape index (κ1) is 18.3. The molecule has 1 atom stereocenters. The van der Waals surface area contributed by atoms with Crippen molar-refractivity contribution in [1.29, 1.82) is 0 Å². The minimum atomic E-state index is -0.649. The number of likely N-dealkylation sites (N-methyl/N-ethyl adjacent to an activating group) is 1. The van der Waals surface area contributed by atoms with Crippen molar-refractivity contribution in [2.75, 3.05) is 11.9 Å². The molecule has 1 unspecified atom stereocenters. The van der Waals surface area contributed by atoms with Gasteiger partial charge in [-0.2, -0.15) is 0 Å². The van der Waals surface area contributed by atoms with E-state index >= 15 is 0 Å². The number of rotatable bonds is 3. The summed E-state index contributed by atoms with van der Waals surface area (Å²) in [6.07, 6.45) is 0.412. The number of halogens is 1.